The van der Waals surface area contributed by atoms with Crippen LogP contribution in [0.15, 0.2) is 48.8 Å². The number of aromatic amines is 1. The topological polar surface area (TPSA) is 69.7 Å². The highest BCUT2D eigenvalue weighted by Gasteiger charge is 2.21. The molecule has 5 rings (SSSR count). The Kier molecular flexibility index (Phi) is 3.85. The zero-order chi connectivity index (χ0) is 18.2. The van der Waals surface area contributed by atoms with Gasteiger partial charge in [0.25, 0.3) is 0 Å². The van der Waals surface area contributed by atoms with Crippen molar-refractivity contribution in [1.82, 2.24) is 20.2 Å². The molecule has 1 aliphatic rings. The number of rotatable bonds is 3. The molecule has 0 saturated carbocycles. The number of H-pyrrole nitrogens is 1. The summed E-state index contributed by atoms with van der Waals surface area (Å²) in [7, 11) is 0. The predicted octanol–water partition coefficient (Wildman–Crippen LogP) is 4.19. The maximum absolute atomic E-state index is 13.8. The van der Waals surface area contributed by atoms with Gasteiger partial charge in [0.2, 0.25) is 0 Å². The highest BCUT2D eigenvalue weighted by atomic mass is 19.1. The molecule has 4 heterocycles. The number of piperidine rings is 1. The van der Waals surface area contributed by atoms with Crippen LogP contribution in [0.25, 0.3) is 21.8 Å². The summed E-state index contributed by atoms with van der Waals surface area (Å²) < 4.78 is 13.8. The van der Waals surface area contributed by atoms with Crippen molar-refractivity contribution in [2.75, 3.05) is 23.3 Å². The second kappa shape index (κ2) is 6.50. The summed E-state index contributed by atoms with van der Waals surface area (Å²) in [4.78, 5) is 10.8. The number of fused-ring (bicyclic) bond motifs is 2. The predicted molar refractivity (Wildman–Crippen MR) is 105 cm³/mol. The van der Waals surface area contributed by atoms with E-state index in [1.807, 2.05) is 30.3 Å². The Morgan fingerprint density at radius 3 is 3.00 bits per heavy atom. The van der Waals surface area contributed by atoms with E-state index in [1.54, 1.807) is 12.4 Å². The van der Waals surface area contributed by atoms with E-state index >= 15 is 0 Å². The van der Waals surface area contributed by atoms with Gasteiger partial charge in [-0.3, -0.25) is 5.10 Å². The summed E-state index contributed by atoms with van der Waals surface area (Å²) in [5.41, 5.74) is 1.62. The number of hydrogen-bond donors (Lipinski definition) is 2. The van der Waals surface area contributed by atoms with E-state index in [0.29, 0.717) is 18.6 Å². The van der Waals surface area contributed by atoms with Gasteiger partial charge < -0.3 is 10.2 Å². The van der Waals surface area contributed by atoms with Crippen molar-refractivity contribution in [3.8, 4) is 0 Å². The minimum Gasteiger partial charge on any atom is -0.353 e. The van der Waals surface area contributed by atoms with Crippen LogP contribution in [0, 0.1) is 0 Å². The summed E-state index contributed by atoms with van der Waals surface area (Å²) >= 11 is 0. The van der Waals surface area contributed by atoms with E-state index in [1.165, 1.54) is 0 Å². The van der Waals surface area contributed by atoms with Gasteiger partial charge in [-0.1, -0.05) is 0 Å². The number of benzene rings is 1. The van der Waals surface area contributed by atoms with Gasteiger partial charge in [0, 0.05) is 30.0 Å². The monoisotopic (exact) mass is 362 g/mol. The van der Waals surface area contributed by atoms with Gasteiger partial charge >= 0.3 is 0 Å². The number of alkyl halides is 1. The summed E-state index contributed by atoms with van der Waals surface area (Å²) in [6, 6.07) is 12.0. The van der Waals surface area contributed by atoms with Gasteiger partial charge in [0.15, 0.2) is 5.65 Å². The molecule has 0 aliphatic carbocycles. The Balaban J connectivity index is 1.49. The van der Waals surface area contributed by atoms with Crippen LogP contribution in [-0.4, -0.2) is 39.4 Å². The van der Waals surface area contributed by atoms with Gasteiger partial charge in [-0.25, -0.2) is 14.4 Å². The van der Waals surface area contributed by atoms with Crippen LogP contribution in [0.1, 0.15) is 12.8 Å². The smallest absolute Gasteiger partial charge is 0.183 e. The van der Waals surface area contributed by atoms with Crippen molar-refractivity contribution in [3.63, 3.8) is 0 Å². The van der Waals surface area contributed by atoms with Crippen molar-refractivity contribution in [3.05, 3.63) is 48.8 Å². The lowest BCUT2D eigenvalue weighted by Crippen LogP contribution is -2.36. The van der Waals surface area contributed by atoms with Crippen molar-refractivity contribution in [2.45, 2.75) is 19.0 Å². The first-order chi connectivity index (χ1) is 13.3. The molecule has 1 fully saturated rings. The average molecular weight is 362 g/mol. The molecule has 1 saturated heterocycles. The summed E-state index contributed by atoms with van der Waals surface area (Å²) in [6.07, 6.45) is 4.24. The minimum absolute atomic E-state index is 0.416. The largest absolute Gasteiger partial charge is 0.353 e. The Labute approximate surface area is 155 Å². The lowest BCUT2D eigenvalue weighted by molar-refractivity contribution is 0.286. The second-order valence-electron chi connectivity index (χ2n) is 6.85. The van der Waals surface area contributed by atoms with Crippen LogP contribution in [0.3, 0.4) is 0 Å². The zero-order valence-electron chi connectivity index (χ0n) is 14.7. The first kappa shape index (κ1) is 16.0. The molecular weight excluding hydrogens is 343 g/mol. The first-order valence-corrected chi connectivity index (χ1v) is 9.12. The number of aromatic nitrogens is 4. The van der Waals surface area contributed by atoms with Crippen LogP contribution in [0.5, 0.6) is 0 Å². The lowest BCUT2D eigenvalue weighted by atomic mass is 10.1. The fourth-order valence-electron chi connectivity index (χ4n) is 3.70. The normalized spacial score (nSPS) is 17.5. The lowest BCUT2D eigenvalue weighted by Gasteiger charge is -2.30. The van der Waals surface area contributed by atoms with Crippen molar-refractivity contribution in [2.24, 2.45) is 0 Å². The molecule has 1 aliphatic heterocycles. The van der Waals surface area contributed by atoms with Crippen LogP contribution in [0.4, 0.5) is 21.7 Å². The fourth-order valence-corrected chi connectivity index (χ4v) is 3.70. The molecule has 3 aromatic heterocycles. The number of nitrogens with zero attached hydrogens (tertiary/aromatic N) is 4. The molecule has 0 radical (unpaired) electrons. The van der Waals surface area contributed by atoms with Crippen molar-refractivity contribution in [1.29, 1.82) is 0 Å². The molecule has 2 N–H and O–H groups in total. The summed E-state index contributed by atoms with van der Waals surface area (Å²) in [5, 5.41) is 13.6. The van der Waals surface area contributed by atoms with Crippen LogP contribution in [-0.2, 0) is 0 Å². The second-order valence-corrected chi connectivity index (χ2v) is 6.85. The van der Waals surface area contributed by atoms with Gasteiger partial charge in [0.05, 0.1) is 11.9 Å². The number of pyridine rings is 2. The molecule has 6 nitrogen and oxygen atoms in total. The quantitative estimate of drug-likeness (QED) is 0.572. The molecular formula is C20H19FN6. The zero-order valence-corrected chi connectivity index (χ0v) is 14.7. The number of nitrogens with one attached hydrogen (secondary N) is 2. The molecule has 0 bridgehead atoms. The molecule has 0 amide bonds. The highest BCUT2D eigenvalue weighted by molar-refractivity contribution is 5.96. The Morgan fingerprint density at radius 1 is 1.11 bits per heavy atom. The molecule has 1 unspecified atom stereocenters. The Bertz CT molecular complexity index is 1110. The Hall–Kier alpha value is -3.22. The van der Waals surface area contributed by atoms with E-state index in [4.69, 9.17) is 0 Å². The fraction of sp³-hybridized carbons (Fsp3) is 0.250. The molecule has 1 aromatic carbocycles. The summed E-state index contributed by atoms with van der Waals surface area (Å²) in [6.45, 7) is 1.26. The maximum atomic E-state index is 13.8. The molecule has 7 heteroatoms. The molecule has 0 spiro atoms. The molecule has 27 heavy (non-hydrogen) atoms. The highest BCUT2D eigenvalue weighted by Crippen LogP contribution is 2.31. The van der Waals surface area contributed by atoms with E-state index in [9.17, 15) is 4.39 Å². The number of halogens is 1. The average Bonchev–Trinajstić information content (AvgIpc) is 3.10. The van der Waals surface area contributed by atoms with Gasteiger partial charge in [0.1, 0.15) is 17.8 Å². The van der Waals surface area contributed by atoms with Gasteiger partial charge in [-0.2, -0.15) is 5.10 Å². The molecule has 4 aromatic rings. The minimum atomic E-state index is -0.779. The SMILES string of the molecule is FC1CCCN(c2nccc3cc(Nc4[nH]nc5ncccc45)ccc23)C1. The summed E-state index contributed by atoms with van der Waals surface area (Å²) in [5.74, 6) is 1.67. The Morgan fingerprint density at radius 2 is 2.07 bits per heavy atom. The number of anilines is 3. The van der Waals surface area contributed by atoms with Gasteiger partial charge in [-0.15, -0.1) is 0 Å². The first-order valence-electron chi connectivity index (χ1n) is 9.12. The number of hydrogen-bond acceptors (Lipinski definition) is 5. The third-order valence-electron chi connectivity index (χ3n) is 5.01. The molecule has 1 atom stereocenters. The molecule has 136 valence electrons. The van der Waals surface area contributed by atoms with Crippen molar-refractivity contribution < 1.29 is 4.39 Å². The van der Waals surface area contributed by atoms with Crippen LogP contribution < -0.4 is 10.2 Å². The van der Waals surface area contributed by atoms with E-state index in [0.717, 1.165) is 46.4 Å². The van der Waals surface area contributed by atoms with E-state index in [2.05, 4.69) is 36.4 Å². The third kappa shape index (κ3) is 2.95. The standard InChI is InChI=1S/C20H19FN6/c21-14-3-2-10-27(12-14)20-16-6-5-15(11-13(16)7-9-23-20)24-19-17-4-1-8-22-18(17)25-26-19/h1,4-9,11,14H,2-3,10,12H2,(H2,22,24,25,26). The maximum Gasteiger partial charge on any atom is 0.183 e. The van der Waals surface area contributed by atoms with Crippen LogP contribution in [0.2, 0.25) is 0 Å². The van der Waals surface area contributed by atoms with E-state index < -0.39 is 6.17 Å². The van der Waals surface area contributed by atoms with E-state index in [-0.39, 0.29) is 0 Å². The third-order valence-corrected chi connectivity index (χ3v) is 5.01. The van der Waals surface area contributed by atoms with Crippen LogP contribution >= 0.6 is 0 Å². The van der Waals surface area contributed by atoms with Crippen molar-refractivity contribution >= 4 is 39.1 Å². The van der Waals surface area contributed by atoms with Gasteiger partial charge in [-0.05, 0) is 54.6 Å².